The molecule has 2 rings (SSSR count). The van der Waals surface area contributed by atoms with Gasteiger partial charge in [-0.1, -0.05) is 26.8 Å². The molecular formula is C16H20N2O. The number of carbonyl (C=O) groups excluding carboxylic acids is 1. The number of fused-ring (bicyclic) bond motifs is 1. The molecule has 0 aliphatic heterocycles. The van der Waals surface area contributed by atoms with E-state index >= 15 is 0 Å². The number of benzene rings is 1. The zero-order chi connectivity index (χ0) is 14.0. The maximum Gasteiger partial charge on any atom is 0.164 e. The van der Waals surface area contributed by atoms with Crippen molar-refractivity contribution in [2.24, 2.45) is 11.1 Å². The zero-order valence-electron chi connectivity index (χ0n) is 11.7. The third-order valence-corrected chi connectivity index (χ3v) is 3.44. The van der Waals surface area contributed by atoms with E-state index in [9.17, 15) is 4.79 Å². The first-order chi connectivity index (χ1) is 8.88. The van der Waals surface area contributed by atoms with Gasteiger partial charge in [-0.05, 0) is 29.7 Å². The Hall–Kier alpha value is -1.74. The zero-order valence-corrected chi connectivity index (χ0v) is 11.7. The van der Waals surface area contributed by atoms with Crippen molar-refractivity contribution in [2.45, 2.75) is 33.2 Å². The maximum absolute atomic E-state index is 12.2. The predicted octanol–water partition coefficient (Wildman–Crippen LogP) is 3.18. The van der Waals surface area contributed by atoms with Gasteiger partial charge in [0.25, 0.3) is 0 Å². The average molecular weight is 256 g/mol. The Bertz CT molecular complexity index is 599. The third kappa shape index (κ3) is 3.18. The Kier molecular flexibility index (Phi) is 3.67. The molecule has 0 bridgehead atoms. The van der Waals surface area contributed by atoms with Crippen molar-refractivity contribution in [3.05, 3.63) is 42.1 Å². The lowest BCUT2D eigenvalue weighted by Gasteiger charge is -2.26. The SMILES string of the molecule is CC(C)(C)C(N)CC(=O)c1ccc2ncccc2c1. The molecule has 1 aromatic heterocycles. The number of Topliss-reactive ketones (excluding diaryl/α,β-unsaturated/α-hetero) is 1. The maximum atomic E-state index is 12.2. The third-order valence-electron chi connectivity index (χ3n) is 3.44. The number of pyridine rings is 1. The van der Waals surface area contributed by atoms with E-state index in [4.69, 9.17) is 5.73 Å². The van der Waals surface area contributed by atoms with E-state index in [0.717, 1.165) is 10.9 Å². The van der Waals surface area contributed by atoms with Crippen LogP contribution in [-0.2, 0) is 0 Å². The molecule has 1 atom stereocenters. The Balaban J connectivity index is 2.22. The van der Waals surface area contributed by atoms with E-state index in [-0.39, 0.29) is 17.2 Å². The quantitative estimate of drug-likeness (QED) is 0.858. The van der Waals surface area contributed by atoms with Gasteiger partial charge in [0.2, 0.25) is 0 Å². The van der Waals surface area contributed by atoms with Gasteiger partial charge in [0.1, 0.15) is 0 Å². The minimum atomic E-state index is -0.135. The smallest absolute Gasteiger partial charge is 0.164 e. The molecule has 0 spiro atoms. The molecule has 0 saturated carbocycles. The fourth-order valence-electron chi connectivity index (χ4n) is 1.87. The summed E-state index contributed by atoms with van der Waals surface area (Å²) in [5.41, 5.74) is 7.62. The van der Waals surface area contributed by atoms with Crippen molar-refractivity contribution in [3.8, 4) is 0 Å². The molecule has 19 heavy (non-hydrogen) atoms. The molecule has 0 amide bonds. The summed E-state index contributed by atoms with van der Waals surface area (Å²) in [6, 6.07) is 9.29. The number of ketones is 1. The van der Waals surface area contributed by atoms with Gasteiger partial charge in [0.15, 0.2) is 5.78 Å². The summed E-state index contributed by atoms with van der Waals surface area (Å²) in [5, 5.41) is 0.984. The van der Waals surface area contributed by atoms with E-state index in [1.165, 1.54) is 0 Å². The van der Waals surface area contributed by atoms with Crippen molar-refractivity contribution in [1.29, 1.82) is 0 Å². The second-order valence-electron chi connectivity index (χ2n) is 6.01. The highest BCUT2D eigenvalue weighted by Gasteiger charge is 2.23. The highest BCUT2D eigenvalue weighted by Crippen LogP contribution is 2.22. The van der Waals surface area contributed by atoms with E-state index in [1.807, 2.05) is 30.3 Å². The van der Waals surface area contributed by atoms with Gasteiger partial charge in [-0.25, -0.2) is 0 Å². The highest BCUT2D eigenvalue weighted by molar-refractivity contribution is 5.99. The molecule has 1 aromatic carbocycles. The predicted molar refractivity (Wildman–Crippen MR) is 78.1 cm³/mol. The number of nitrogens with zero attached hydrogens (tertiary/aromatic N) is 1. The van der Waals surface area contributed by atoms with Gasteiger partial charge >= 0.3 is 0 Å². The number of hydrogen-bond acceptors (Lipinski definition) is 3. The van der Waals surface area contributed by atoms with Crippen LogP contribution in [0.3, 0.4) is 0 Å². The Morgan fingerprint density at radius 2 is 2.05 bits per heavy atom. The molecule has 3 heteroatoms. The molecule has 0 aliphatic rings. The first kappa shape index (κ1) is 13.7. The minimum absolute atomic E-state index is 0.0614. The Morgan fingerprint density at radius 1 is 1.32 bits per heavy atom. The summed E-state index contributed by atoms with van der Waals surface area (Å²) < 4.78 is 0. The fourth-order valence-corrected chi connectivity index (χ4v) is 1.87. The largest absolute Gasteiger partial charge is 0.327 e. The second kappa shape index (κ2) is 5.10. The van der Waals surface area contributed by atoms with Crippen LogP contribution in [0, 0.1) is 5.41 Å². The van der Waals surface area contributed by atoms with Gasteiger partial charge in [-0.2, -0.15) is 0 Å². The highest BCUT2D eigenvalue weighted by atomic mass is 16.1. The van der Waals surface area contributed by atoms with Gasteiger partial charge in [0, 0.05) is 29.6 Å². The minimum Gasteiger partial charge on any atom is -0.327 e. The molecule has 0 saturated heterocycles. The van der Waals surface area contributed by atoms with Gasteiger partial charge < -0.3 is 5.73 Å². The van der Waals surface area contributed by atoms with Crippen LogP contribution < -0.4 is 5.73 Å². The summed E-state index contributed by atoms with van der Waals surface area (Å²) in [4.78, 5) is 16.5. The van der Waals surface area contributed by atoms with E-state index in [1.54, 1.807) is 6.20 Å². The number of aromatic nitrogens is 1. The van der Waals surface area contributed by atoms with Crippen molar-refractivity contribution in [2.75, 3.05) is 0 Å². The number of nitrogens with two attached hydrogens (primary N) is 1. The summed E-state index contributed by atoms with van der Waals surface area (Å²) in [7, 11) is 0. The lowest BCUT2D eigenvalue weighted by molar-refractivity contribution is 0.0953. The van der Waals surface area contributed by atoms with Crippen molar-refractivity contribution in [3.63, 3.8) is 0 Å². The molecule has 1 unspecified atom stereocenters. The van der Waals surface area contributed by atoms with Crippen LogP contribution >= 0.6 is 0 Å². The Labute approximate surface area is 113 Å². The molecule has 3 nitrogen and oxygen atoms in total. The number of hydrogen-bond donors (Lipinski definition) is 1. The van der Waals surface area contributed by atoms with Crippen LogP contribution in [0.4, 0.5) is 0 Å². The van der Waals surface area contributed by atoms with Crippen LogP contribution in [0.2, 0.25) is 0 Å². The standard InChI is InChI=1S/C16H20N2O/c1-16(2,3)15(17)10-14(19)12-6-7-13-11(9-12)5-4-8-18-13/h4-9,15H,10,17H2,1-3H3. The van der Waals surface area contributed by atoms with Crippen LogP contribution in [0.5, 0.6) is 0 Å². The first-order valence-electron chi connectivity index (χ1n) is 6.51. The molecule has 0 radical (unpaired) electrons. The van der Waals surface area contributed by atoms with Crippen molar-refractivity contribution < 1.29 is 4.79 Å². The molecule has 2 N–H and O–H groups in total. The monoisotopic (exact) mass is 256 g/mol. The number of carbonyl (C=O) groups is 1. The van der Waals surface area contributed by atoms with Crippen LogP contribution in [0.1, 0.15) is 37.6 Å². The number of rotatable bonds is 3. The van der Waals surface area contributed by atoms with E-state index in [2.05, 4.69) is 25.8 Å². The summed E-state index contributed by atoms with van der Waals surface area (Å²) in [5.74, 6) is 0.0909. The van der Waals surface area contributed by atoms with Crippen LogP contribution in [0.25, 0.3) is 10.9 Å². The van der Waals surface area contributed by atoms with E-state index < -0.39 is 0 Å². The van der Waals surface area contributed by atoms with Crippen molar-refractivity contribution >= 4 is 16.7 Å². The van der Waals surface area contributed by atoms with Crippen LogP contribution in [-0.4, -0.2) is 16.8 Å². The Morgan fingerprint density at radius 3 is 2.74 bits per heavy atom. The topological polar surface area (TPSA) is 56.0 Å². The molecule has 1 heterocycles. The molecule has 0 fully saturated rings. The molecular weight excluding hydrogens is 236 g/mol. The summed E-state index contributed by atoms with van der Waals surface area (Å²) >= 11 is 0. The summed E-state index contributed by atoms with van der Waals surface area (Å²) in [6.07, 6.45) is 2.12. The molecule has 100 valence electrons. The average Bonchev–Trinajstić information content (AvgIpc) is 2.37. The van der Waals surface area contributed by atoms with E-state index in [0.29, 0.717) is 12.0 Å². The van der Waals surface area contributed by atoms with Gasteiger partial charge in [0.05, 0.1) is 5.52 Å². The van der Waals surface area contributed by atoms with Crippen molar-refractivity contribution in [1.82, 2.24) is 4.98 Å². The molecule has 0 aliphatic carbocycles. The van der Waals surface area contributed by atoms with Crippen LogP contribution in [0.15, 0.2) is 36.5 Å². The normalized spacial score (nSPS) is 13.5. The molecule has 2 aromatic rings. The van der Waals surface area contributed by atoms with Gasteiger partial charge in [-0.3, -0.25) is 9.78 Å². The summed E-state index contributed by atoms with van der Waals surface area (Å²) in [6.45, 7) is 6.15. The van der Waals surface area contributed by atoms with Gasteiger partial charge in [-0.15, -0.1) is 0 Å². The lowest BCUT2D eigenvalue weighted by Crippen LogP contribution is -2.36. The second-order valence-corrected chi connectivity index (χ2v) is 6.01. The lowest BCUT2D eigenvalue weighted by atomic mass is 9.83. The fraction of sp³-hybridized carbons (Fsp3) is 0.375. The first-order valence-corrected chi connectivity index (χ1v) is 6.51.